The quantitative estimate of drug-likeness (QED) is 0.801. The first-order valence-corrected chi connectivity index (χ1v) is 9.51. The van der Waals surface area contributed by atoms with Gasteiger partial charge < -0.3 is 14.6 Å². The molecule has 0 aromatic carbocycles. The van der Waals surface area contributed by atoms with E-state index in [1.807, 2.05) is 5.38 Å². The van der Waals surface area contributed by atoms with E-state index in [1.165, 1.54) is 11.3 Å². The van der Waals surface area contributed by atoms with E-state index in [9.17, 15) is 0 Å². The number of piperidine rings is 1. The zero-order valence-corrected chi connectivity index (χ0v) is 15.7. The van der Waals surface area contributed by atoms with Crippen molar-refractivity contribution in [1.29, 1.82) is 0 Å². The van der Waals surface area contributed by atoms with E-state index in [1.54, 1.807) is 6.20 Å². The average molecular weight is 401 g/mol. The predicted octanol–water partition coefficient (Wildman–Crippen LogP) is 3.26. The van der Waals surface area contributed by atoms with Crippen LogP contribution in [-0.2, 0) is 5.41 Å². The molecule has 3 rings (SSSR count). The lowest BCUT2D eigenvalue weighted by molar-refractivity contribution is 0.0902. The van der Waals surface area contributed by atoms with Gasteiger partial charge in [-0.1, -0.05) is 25.2 Å². The number of aromatic nitrogens is 3. The molecule has 8 heteroatoms. The van der Waals surface area contributed by atoms with E-state index >= 15 is 0 Å². The Hall–Kier alpha value is -0.990. The molecule has 2 aromatic heterocycles. The number of hydrogen-bond donors (Lipinski definition) is 1. The van der Waals surface area contributed by atoms with Crippen molar-refractivity contribution in [3.63, 3.8) is 0 Å². The molecule has 3 heterocycles. The molecule has 0 aliphatic carbocycles. The summed E-state index contributed by atoms with van der Waals surface area (Å²) in [6.45, 7) is 7.06. The van der Waals surface area contributed by atoms with Crippen molar-refractivity contribution in [2.75, 3.05) is 19.7 Å². The Balaban J connectivity index is 1.78. The second kappa shape index (κ2) is 7.27. The van der Waals surface area contributed by atoms with Crippen LogP contribution in [0, 0.1) is 11.8 Å². The molecule has 2 aromatic rings. The minimum absolute atomic E-state index is 0.0859. The Morgan fingerprint density at radius 2 is 2.43 bits per heavy atom. The fourth-order valence-corrected chi connectivity index (χ4v) is 4.69. The topological polar surface area (TPSA) is 73.1 Å². The lowest BCUT2D eigenvalue weighted by atomic mass is 9.63. The summed E-state index contributed by atoms with van der Waals surface area (Å²) in [5.74, 6) is 1.86. The number of thiazole rings is 1. The Labute approximate surface area is 148 Å². The molecule has 2 atom stereocenters. The maximum absolute atomic E-state index is 5.86. The lowest BCUT2D eigenvalue weighted by Gasteiger charge is -2.44. The predicted molar refractivity (Wildman–Crippen MR) is 91.7 cm³/mol. The van der Waals surface area contributed by atoms with Gasteiger partial charge in [0, 0.05) is 16.1 Å². The second-order valence-corrected chi connectivity index (χ2v) is 7.91. The van der Waals surface area contributed by atoms with E-state index < -0.39 is 0 Å². The van der Waals surface area contributed by atoms with Crippen LogP contribution >= 0.6 is 27.3 Å². The maximum atomic E-state index is 5.86. The Bertz CT molecular complexity index is 619. The minimum Gasteiger partial charge on any atom is -0.470 e. The highest BCUT2D eigenvalue weighted by Gasteiger charge is 2.46. The summed E-state index contributed by atoms with van der Waals surface area (Å²) >= 11 is 4.85. The van der Waals surface area contributed by atoms with Gasteiger partial charge in [0.15, 0.2) is 5.76 Å². The fourth-order valence-electron chi connectivity index (χ4n) is 3.58. The fraction of sp³-hybridized carbons (Fsp3) is 0.667. The Morgan fingerprint density at radius 3 is 3.09 bits per heavy atom. The van der Waals surface area contributed by atoms with E-state index in [0.29, 0.717) is 23.6 Å². The van der Waals surface area contributed by atoms with Crippen LogP contribution in [-0.4, -0.2) is 35.1 Å². The summed E-state index contributed by atoms with van der Waals surface area (Å²) in [4.78, 5) is 4.29. The van der Waals surface area contributed by atoms with Gasteiger partial charge >= 0.3 is 0 Å². The SMILES string of the molecule is CC(C)C1CNCCC1(CCOc1nc(Br)cs1)c1cnno1. The van der Waals surface area contributed by atoms with E-state index in [-0.39, 0.29) is 5.41 Å². The van der Waals surface area contributed by atoms with Crippen molar-refractivity contribution in [1.82, 2.24) is 20.7 Å². The highest BCUT2D eigenvalue weighted by atomic mass is 79.9. The number of nitrogens with one attached hydrogen (secondary N) is 1. The largest absolute Gasteiger partial charge is 0.470 e. The molecule has 1 fully saturated rings. The van der Waals surface area contributed by atoms with Crippen LogP contribution in [0.5, 0.6) is 5.19 Å². The molecule has 1 aliphatic rings. The van der Waals surface area contributed by atoms with E-state index in [4.69, 9.17) is 9.26 Å². The third-order valence-electron chi connectivity index (χ3n) is 4.71. The average Bonchev–Trinajstić information content (AvgIpc) is 3.19. The van der Waals surface area contributed by atoms with Crippen molar-refractivity contribution in [3.05, 3.63) is 21.9 Å². The third kappa shape index (κ3) is 3.59. The van der Waals surface area contributed by atoms with E-state index in [2.05, 4.69) is 50.4 Å². The Kier molecular flexibility index (Phi) is 5.33. The maximum Gasteiger partial charge on any atom is 0.274 e. The molecule has 1 N–H and O–H groups in total. The number of ether oxygens (including phenoxy) is 1. The van der Waals surface area contributed by atoms with Crippen molar-refractivity contribution in [3.8, 4) is 5.19 Å². The van der Waals surface area contributed by atoms with Crippen LogP contribution in [0.4, 0.5) is 0 Å². The molecule has 1 aliphatic heterocycles. The van der Waals surface area contributed by atoms with E-state index in [0.717, 1.165) is 36.3 Å². The highest BCUT2D eigenvalue weighted by molar-refractivity contribution is 9.10. The standard InChI is InChI=1S/C15H21BrN4O2S/c1-10(2)11-7-17-5-3-15(11,12-8-18-20-22-12)4-6-21-14-19-13(16)9-23-14/h8-11,17H,3-7H2,1-2H3. The van der Waals surface area contributed by atoms with Crippen molar-refractivity contribution in [2.45, 2.75) is 32.1 Å². The van der Waals surface area contributed by atoms with Gasteiger partial charge in [0.05, 0.1) is 12.8 Å². The summed E-state index contributed by atoms with van der Waals surface area (Å²) < 4.78 is 12.2. The van der Waals surface area contributed by atoms with Crippen LogP contribution in [0.2, 0.25) is 0 Å². The van der Waals surface area contributed by atoms with Crippen LogP contribution in [0.3, 0.4) is 0 Å². The zero-order chi connectivity index (χ0) is 16.3. The van der Waals surface area contributed by atoms with Gasteiger partial charge in [-0.3, -0.25) is 0 Å². The number of nitrogens with zero attached hydrogens (tertiary/aromatic N) is 3. The summed E-state index contributed by atoms with van der Waals surface area (Å²) in [6.07, 6.45) is 3.63. The van der Waals surface area contributed by atoms with Gasteiger partial charge in [0.25, 0.3) is 5.19 Å². The molecule has 0 saturated carbocycles. The zero-order valence-electron chi connectivity index (χ0n) is 13.3. The molecule has 126 valence electrons. The number of halogens is 1. The molecular weight excluding hydrogens is 380 g/mol. The van der Waals surface area contributed by atoms with Crippen molar-refractivity contribution >= 4 is 27.3 Å². The summed E-state index contributed by atoms with van der Waals surface area (Å²) in [5.41, 5.74) is -0.0859. The van der Waals surface area contributed by atoms with Crippen molar-refractivity contribution in [2.24, 2.45) is 11.8 Å². The first-order valence-electron chi connectivity index (χ1n) is 7.84. The normalized spacial score (nSPS) is 25.0. The molecule has 0 radical (unpaired) electrons. The van der Waals surface area contributed by atoms with Gasteiger partial charge in [-0.2, -0.15) is 4.98 Å². The summed E-state index contributed by atoms with van der Waals surface area (Å²) in [5, 5.41) is 13.7. The highest BCUT2D eigenvalue weighted by Crippen LogP contribution is 2.44. The van der Waals surface area contributed by atoms with Gasteiger partial charge in [0.2, 0.25) is 0 Å². The molecule has 23 heavy (non-hydrogen) atoms. The molecule has 1 saturated heterocycles. The molecule has 0 bridgehead atoms. The lowest BCUT2D eigenvalue weighted by Crippen LogP contribution is -2.50. The Morgan fingerprint density at radius 1 is 1.57 bits per heavy atom. The van der Waals surface area contributed by atoms with Gasteiger partial charge in [-0.25, -0.2) is 0 Å². The first kappa shape index (κ1) is 16.9. The van der Waals surface area contributed by atoms with Crippen molar-refractivity contribution < 1.29 is 9.26 Å². The van der Waals surface area contributed by atoms with Crippen LogP contribution in [0.15, 0.2) is 20.7 Å². The minimum atomic E-state index is -0.0859. The molecule has 0 spiro atoms. The number of rotatable bonds is 6. The summed E-state index contributed by atoms with van der Waals surface area (Å²) in [7, 11) is 0. The smallest absolute Gasteiger partial charge is 0.274 e. The molecule has 6 nitrogen and oxygen atoms in total. The van der Waals surface area contributed by atoms with Gasteiger partial charge in [0.1, 0.15) is 4.60 Å². The molecule has 0 amide bonds. The monoisotopic (exact) mass is 400 g/mol. The summed E-state index contributed by atoms with van der Waals surface area (Å²) in [6, 6.07) is 0. The van der Waals surface area contributed by atoms with Gasteiger partial charge in [-0.05, 0) is 53.7 Å². The van der Waals surface area contributed by atoms with Gasteiger partial charge in [-0.15, -0.1) is 5.10 Å². The number of hydrogen-bond acceptors (Lipinski definition) is 7. The van der Waals surface area contributed by atoms with Crippen LogP contribution < -0.4 is 10.1 Å². The second-order valence-electron chi connectivity index (χ2n) is 6.28. The van der Waals surface area contributed by atoms with Crippen LogP contribution in [0.25, 0.3) is 0 Å². The third-order valence-corrected chi connectivity index (χ3v) is 6.17. The molecular formula is C15H21BrN4O2S. The molecule has 2 unspecified atom stereocenters. The van der Waals surface area contributed by atoms with Crippen LogP contribution in [0.1, 0.15) is 32.4 Å². The first-order chi connectivity index (χ1) is 11.1.